The third kappa shape index (κ3) is 10.4. The largest absolute Gasteiger partial charge is 0.235 e. The molecule has 0 aliphatic rings. The van der Waals surface area contributed by atoms with Crippen LogP contribution in [0.4, 0.5) is 0 Å². The highest BCUT2D eigenvalue weighted by Gasteiger charge is 2.22. The van der Waals surface area contributed by atoms with E-state index in [0.717, 1.165) is 38.5 Å². The Labute approximate surface area is 116 Å². The monoisotopic (exact) mass is 266 g/mol. The Morgan fingerprint density at radius 1 is 0.895 bits per heavy atom. The summed E-state index contributed by atoms with van der Waals surface area (Å²) in [6, 6.07) is 0. The van der Waals surface area contributed by atoms with Crippen LogP contribution in [0.5, 0.6) is 0 Å². The van der Waals surface area contributed by atoms with E-state index in [0.29, 0.717) is 6.54 Å². The Hall–Kier alpha value is -1.24. The van der Waals surface area contributed by atoms with E-state index in [1.807, 2.05) is 6.92 Å². The topological polar surface area (TPSA) is 58.9 Å². The van der Waals surface area contributed by atoms with Gasteiger partial charge in [-0.15, -0.1) is 0 Å². The summed E-state index contributed by atoms with van der Waals surface area (Å²) in [5.74, 6) is 0. The molecule has 0 saturated carbocycles. The fourth-order valence-electron chi connectivity index (χ4n) is 2.20. The minimum absolute atomic E-state index is 0.260. The van der Waals surface area contributed by atoms with Crippen molar-refractivity contribution in [3.63, 3.8) is 0 Å². The van der Waals surface area contributed by atoms with Crippen LogP contribution in [0.2, 0.25) is 0 Å². The maximum Gasteiger partial charge on any atom is 0.235 e. The van der Waals surface area contributed by atoms with Gasteiger partial charge in [-0.25, -0.2) is 14.6 Å². The zero-order valence-electron chi connectivity index (χ0n) is 12.3. The van der Waals surface area contributed by atoms with Gasteiger partial charge in [-0.1, -0.05) is 45.4 Å². The lowest BCUT2D eigenvalue weighted by atomic mass is 9.89. The summed E-state index contributed by atoms with van der Waals surface area (Å²) < 4.78 is 0. The Kier molecular flexibility index (Phi) is 11.1. The van der Waals surface area contributed by atoms with E-state index in [-0.39, 0.29) is 5.54 Å². The maximum absolute atomic E-state index is 10.5. The van der Waals surface area contributed by atoms with E-state index < -0.39 is 0 Å². The van der Waals surface area contributed by atoms with Crippen LogP contribution in [-0.4, -0.2) is 24.2 Å². The lowest BCUT2D eigenvalue weighted by Crippen LogP contribution is -2.21. The third-order valence-corrected chi connectivity index (χ3v) is 3.43. The number of aliphatic imine (C=N–C) groups is 2. The van der Waals surface area contributed by atoms with Crippen molar-refractivity contribution >= 4 is 12.2 Å². The van der Waals surface area contributed by atoms with Gasteiger partial charge >= 0.3 is 0 Å². The summed E-state index contributed by atoms with van der Waals surface area (Å²) in [5, 5.41) is 0. The second-order valence-corrected chi connectivity index (χ2v) is 5.29. The molecule has 1 unspecified atom stereocenters. The van der Waals surface area contributed by atoms with Crippen LogP contribution in [0.15, 0.2) is 9.98 Å². The number of nitrogens with zero attached hydrogens (tertiary/aromatic N) is 2. The van der Waals surface area contributed by atoms with E-state index in [1.165, 1.54) is 19.3 Å². The summed E-state index contributed by atoms with van der Waals surface area (Å²) in [4.78, 5) is 28.0. The standard InChI is InChI=1S/C15H26N2O2/c1-3-4-5-7-10-15(2,17-14-19)11-8-6-9-12-16-13-18/h3-12H2,1-2H3. The Balaban J connectivity index is 3.94. The van der Waals surface area contributed by atoms with Gasteiger partial charge < -0.3 is 0 Å². The predicted molar refractivity (Wildman–Crippen MR) is 76.7 cm³/mol. The molecule has 4 heteroatoms. The fourth-order valence-corrected chi connectivity index (χ4v) is 2.20. The van der Waals surface area contributed by atoms with Crippen molar-refractivity contribution in [2.45, 2.75) is 77.2 Å². The van der Waals surface area contributed by atoms with Gasteiger partial charge in [-0.05, 0) is 26.2 Å². The van der Waals surface area contributed by atoms with Gasteiger partial charge in [0.2, 0.25) is 12.2 Å². The van der Waals surface area contributed by atoms with Crippen molar-refractivity contribution in [1.29, 1.82) is 0 Å². The third-order valence-electron chi connectivity index (χ3n) is 3.43. The summed E-state index contributed by atoms with van der Waals surface area (Å²) >= 11 is 0. The molecule has 0 aromatic carbocycles. The van der Waals surface area contributed by atoms with Crippen LogP contribution in [0.1, 0.15) is 71.6 Å². The van der Waals surface area contributed by atoms with Crippen LogP contribution in [0, 0.1) is 0 Å². The quantitative estimate of drug-likeness (QED) is 0.305. The van der Waals surface area contributed by atoms with E-state index >= 15 is 0 Å². The summed E-state index contributed by atoms with van der Waals surface area (Å²) in [6.45, 7) is 4.77. The van der Waals surface area contributed by atoms with E-state index in [2.05, 4.69) is 16.9 Å². The van der Waals surface area contributed by atoms with Crippen molar-refractivity contribution in [2.75, 3.05) is 6.54 Å². The number of rotatable bonds is 12. The fraction of sp³-hybridized carbons (Fsp3) is 0.867. The summed E-state index contributed by atoms with van der Waals surface area (Å²) in [5.41, 5.74) is -0.260. The number of hydrogen-bond donors (Lipinski definition) is 0. The number of hydrogen-bond acceptors (Lipinski definition) is 4. The van der Waals surface area contributed by atoms with Gasteiger partial charge in [0.05, 0.1) is 12.1 Å². The Bertz CT molecular complexity index is 318. The number of isocyanates is 2. The first-order chi connectivity index (χ1) is 9.18. The predicted octanol–water partition coefficient (Wildman–Crippen LogP) is 3.95. The molecule has 0 radical (unpaired) electrons. The van der Waals surface area contributed by atoms with Gasteiger partial charge in [0.15, 0.2) is 0 Å². The molecule has 0 spiro atoms. The molecule has 1 atom stereocenters. The Morgan fingerprint density at radius 3 is 2.05 bits per heavy atom. The average molecular weight is 266 g/mol. The molecule has 108 valence electrons. The van der Waals surface area contributed by atoms with E-state index in [9.17, 15) is 9.59 Å². The van der Waals surface area contributed by atoms with Gasteiger partial charge in [-0.3, -0.25) is 0 Å². The molecular formula is C15H26N2O2. The molecular weight excluding hydrogens is 240 g/mol. The van der Waals surface area contributed by atoms with Crippen LogP contribution in [-0.2, 0) is 9.59 Å². The Morgan fingerprint density at radius 2 is 1.53 bits per heavy atom. The molecule has 19 heavy (non-hydrogen) atoms. The highest BCUT2D eigenvalue weighted by atomic mass is 16.1. The van der Waals surface area contributed by atoms with Crippen molar-refractivity contribution in [1.82, 2.24) is 0 Å². The zero-order valence-corrected chi connectivity index (χ0v) is 12.3. The molecule has 0 heterocycles. The molecule has 0 amide bonds. The van der Waals surface area contributed by atoms with Gasteiger partial charge in [0.1, 0.15) is 0 Å². The van der Waals surface area contributed by atoms with Gasteiger partial charge in [0.25, 0.3) is 0 Å². The van der Waals surface area contributed by atoms with Crippen LogP contribution < -0.4 is 0 Å². The molecule has 0 aliphatic carbocycles. The molecule has 4 nitrogen and oxygen atoms in total. The smallest absolute Gasteiger partial charge is 0.211 e. The SMILES string of the molecule is CCCCCCC(C)(CCCCCN=C=O)N=C=O. The summed E-state index contributed by atoms with van der Waals surface area (Å²) in [7, 11) is 0. The first-order valence-electron chi connectivity index (χ1n) is 7.31. The molecule has 0 bridgehead atoms. The zero-order chi connectivity index (χ0) is 14.4. The minimum Gasteiger partial charge on any atom is -0.211 e. The molecule has 0 N–H and O–H groups in total. The minimum atomic E-state index is -0.260. The normalized spacial score (nSPS) is 13.2. The van der Waals surface area contributed by atoms with Gasteiger partial charge in [0, 0.05) is 0 Å². The van der Waals surface area contributed by atoms with Crippen LogP contribution in [0.3, 0.4) is 0 Å². The lowest BCUT2D eigenvalue weighted by Gasteiger charge is -2.23. The van der Waals surface area contributed by atoms with E-state index in [1.54, 1.807) is 12.2 Å². The first kappa shape index (κ1) is 17.8. The lowest BCUT2D eigenvalue weighted by molar-refractivity contribution is 0.367. The second kappa shape index (κ2) is 11.8. The molecule has 0 fully saturated rings. The molecule has 0 rings (SSSR count). The molecule has 0 aliphatic heterocycles. The number of carbonyl (C=O) groups excluding carboxylic acids is 2. The van der Waals surface area contributed by atoms with Crippen molar-refractivity contribution in [3.8, 4) is 0 Å². The van der Waals surface area contributed by atoms with Crippen molar-refractivity contribution in [3.05, 3.63) is 0 Å². The molecule has 0 saturated heterocycles. The van der Waals surface area contributed by atoms with Crippen molar-refractivity contribution < 1.29 is 9.59 Å². The maximum atomic E-state index is 10.5. The average Bonchev–Trinajstić information content (AvgIpc) is 2.39. The first-order valence-corrected chi connectivity index (χ1v) is 7.31. The summed E-state index contributed by atoms with van der Waals surface area (Å²) in [6.07, 6.45) is 12.8. The highest BCUT2D eigenvalue weighted by Crippen LogP contribution is 2.25. The molecule has 0 aromatic rings. The second-order valence-electron chi connectivity index (χ2n) is 5.29. The van der Waals surface area contributed by atoms with Crippen molar-refractivity contribution in [2.24, 2.45) is 9.98 Å². The van der Waals surface area contributed by atoms with Gasteiger partial charge in [-0.2, -0.15) is 4.99 Å². The number of unbranched alkanes of at least 4 members (excludes halogenated alkanes) is 5. The van der Waals surface area contributed by atoms with E-state index in [4.69, 9.17) is 0 Å². The molecule has 0 aromatic heterocycles. The highest BCUT2D eigenvalue weighted by molar-refractivity contribution is 5.34. The van der Waals surface area contributed by atoms with Crippen LogP contribution >= 0.6 is 0 Å². The van der Waals surface area contributed by atoms with Crippen LogP contribution in [0.25, 0.3) is 0 Å².